The first-order valence-electron chi connectivity index (χ1n) is 7.44. The number of amides is 1. The van der Waals surface area contributed by atoms with E-state index in [1.807, 2.05) is 13.0 Å². The minimum Gasteiger partial charge on any atom is -0.353 e. The Balaban J connectivity index is 1.71. The molecule has 1 atom stereocenters. The molecule has 1 amide bonds. The minimum atomic E-state index is -0.0619. The number of carbonyl (C=O) groups excluding carboxylic acids is 1. The second-order valence-corrected chi connectivity index (χ2v) is 5.78. The van der Waals surface area contributed by atoms with Gasteiger partial charge in [0, 0.05) is 38.1 Å². The van der Waals surface area contributed by atoms with Gasteiger partial charge >= 0.3 is 0 Å². The summed E-state index contributed by atoms with van der Waals surface area (Å²) >= 11 is 0. The Morgan fingerprint density at radius 1 is 1.35 bits per heavy atom. The first-order chi connectivity index (χ1) is 9.63. The monoisotopic (exact) mass is 275 g/mol. The molecule has 0 spiro atoms. The lowest BCUT2D eigenvalue weighted by atomic mass is 10.0. The van der Waals surface area contributed by atoms with E-state index in [0.29, 0.717) is 12.5 Å². The number of carbonyl (C=O) groups is 1. The molecule has 20 heavy (non-hydrogen) atoms. The van der Waals surface area contributed by atoms with E-state index in [9.17, 15) is 4.79 Å². The van der Waals surface area contributed by atoms with Crippen LogP contribution < -0.4 is 11.1 Å². The molecule has 110 valence electrons. The molecule has 2 rings (SSSR count). The highest BCUT2D eigenvalue weighted by molar-refractivity contribution is 5.76. The maximum absolute atomic E-state index is 11.7. The number of hydrogen-bond acceptors (Lipinski definition) is 3. The molecule has 3 N–H and O–H groups in total. The fourth-order valence-corrected chi connectivity index (χ4v) is 2.66. The normalized spacial score (nSPS) is 18.7. The third-order valence-electron chi connectivity index (χ3n) is 3.71. The Kier molecular flexibility index (Phi) is 5.56. The molecule has 0 radical (unpaired) electrons. The highest BCUT2D eigenvalue weighted by Crippen LogP contribution is 2.14. The second-order valence-electron chi connectivity index (χ2n) is 5.78. The summed E-state index contributed by atoms with van der Waals surface area (Å²) in [6, 6.07) is 10.8. The van der Waals surface area contributed by atoms with Gasteiger partial charge in [-0.3, -0.25) is 9.69 Å². The number of likely N-dealkylation sites (tertiary alicyclic amines) is 1. The fourth-order valence-electron chi connectivity index (χ4n) is 2.66. The SMILES string of the molecule is CC(N)CC(=O)NC1CCN(Cc2ccccc2)CC1. The molecular formula is C16H25N3O. The maximum Gasteiger partial charge on any atom is 0.221 e. The molecule has 1 unspecified atom stereocenters. The number of hydrogen-bond donors (Lipinski definition) is 2. The van der Waals surface area contributed by atoms with Crippen LogP contribution in [0.15, 0.2) is 30.3 Å². The van der Waals surface area contributed by atoms with Gasteiger partial charge in [0.2, 0.25) is 5.91 Å². The summed E-state index contributed by atoms with van der Waals surface area (Å²) in [5.74, 6) is 0.0847. The number of benzene rings is 1. The van der Waals surface area contributed by atoms with Gasteiger partial charge in [-0.2, -0.15) is 0 Å². The third-order valence-corrected chi connectivity index (χ3v) is 3.71. The quantitative estimate of drug-likeness (QED) is 0.856. The van der Waals surface area contributed by atoms with E-state index in [1.54, 1.807) is 0 Å². The molecular weight excluding hydrogens is 250 g/mol. The van der Waals surface area contributed by atoms with Gasteiger partial charge in [-0.05, 0) is 25.3 Å². The van der Waals surface area contributed by atoms with E-state index in [1.165, 1.54) is 5.56 Å². The smallest absolute Gasteiger partial charge is 0.221 e. The first kappa shape index (κ1) is 15.0. The number of nitrogens with zero attached hydrogens (tertiary/aromatic N) is 1. The minimum absolute atomic E-state index is 0.0619. The van der Waals surface area contributed by atoms with Crippen LogP contribution in [-0.4, -0.2) is 36.0 Å². The largest absolute Gasteiger partial charge is 0.353 e. The maximum atomic E-state index is 11.7. The van der Waals surface area contributed by atoms with Crippen LogP contribution in [0.5, 0.6) is 0 Å². The van der Waals surface area contributed by atoms with Crippen LogP contribution in [0.1, 0.15) is 31.7 Å². The van der Waals surface area contributed by atoms with Gasteiger partial charge in [-0.15, -0.1) is 0 Å². The highest BCUT2D eigenvalue weighted by Gasteiger charge is 2.20. The standard InChI is InChI=1S/C16H25N3O/c1-13(17)11-16(20)18-15-7-9-19(10-8-15)12-14-5-3-2-4-6-14/h2-6,13,15H,7-12,17H2,1H3,(H,18,20). The van der Waals surface area contributed by atoms with Gasteiger partial charge < -0.3 is 11.1 Å². The van der Waals surface area contributed by atoms with Crippen LogP contribution in [0.25, 0.3) is 0 Å². The predicted octanol–water partition coefficient (Wildman–Crippen LogP) is 1.50. The van der Waals surface area contributed by atoms with Crippen LogP contribution in [0.4, 0.5) is 0 Å². The topological polar surface area (TPSA) is 58.4 Å². The van der Waals surface area contributed by atoms with Crippen molar-refractivity contribution < 1.29 is 4.79 Å². The lowest BCUT2D eigenvalue weighted by Gasteiger charge is -2.32. The van der Waals surface area contributed by atoms with Crippen molar-refractivity contribution in [1.82, 2.24) is 10.2 Å². The van der Waals surface area contributed by atoms with Gasteiger partial charge in [0.25, 0.3) is 0 Å². The summed E-state index contributed by atoms with van der Waals surface area (Å²) in [7, 11) is 0. The highest BCUT2D eigenvalue weighted by atomic mass is 16.1. The first-order valence-corrected chi connectivity index (χ1v) is 7.44. The average molecular weight is 275 g/mol. The molecule has 4 nitrogen and oxygen atoms in total. The van der Waals surface area contributed by atoms with Crippen molar-refractivity contribution in [3.8, 4) is 0 Å². The second kappa shape index (κ2) is 7.41. The van der Waals surface area contributed by atoms with E-state index in [2.05, 4.69) is 34.5 Å². The molecule has 1 aromatic rings. The summed E-state index contributed by atoms with van der Waals surface area (Å²) < 4.78 is 0. The molecule has 1 saturated heterocycles. The van der Waals surface area contributed by atoms with E-state index >= 15 is 0 Å². The number of rotatable bonds is 5. The van der Waals surface area contributed by atoms with E-state index < -0.39 is 0 Å². The lowest BCUT2D eigenvalue weighted by molar-refractivity contribution is -0.122. The van der Waals surface area contributed by atoms with E-state index in [0.717, 1.165) is 32.5 Å². The van der Waals surface area contributed by atoms with Crippen LogP contribution in [-0.2, 0) is 11.3 Å². The Morgan fingerprint density at radius 2 is 2.00 bits per heavy atom. The number of nitrogens with one attached hydrogen (secondary N) is 1. The Hall–Kier alpha value is -1.39. The van der Waals surface area contributed by atoms with Crippen molar-refractivity contribution in [2.24, 2.45) is 5.73 Å². The lowest BCUT2D eigenvalue weighted by Crippen LogP contribution is -2.45. The summed E-state index contributed by atoms with van der Waals surface area (Å²) in [4.78, 5) is 14.1. The van der Waals surface area contributed by atoms with Crippen molar-refractivity contribution in [2.45, 2.75) is 44.8 Å². The average Bonchev–Trinajstić information content (AvgIpc) is 2.41. The zero-order valence-corrected chi connectivity index (χ0v) is 12.2. The summed E-state index contributed by atoms with van der Waals surface area (Å²) in [5.41, 5.74) is 6.99. The van der Waals surface area contributed by atoms with Gasteiger partial charge in [-0.1, -0.05) is 30.3 Å². The van der Waals surface area contributed by atoms with Gasteiger partial charge in [-0.25, -0.2) is 0 Å². The Labute approximate surface area is 121 Å². The Bertz CT molecular complexity index is 411. The summed E-state index contributed by atoms with van der Waals surface area (Å²) in [5, 5.41) is 3.09. The van der Waals surface area contributed by atoms with Gasteiger partial charge in [0.15, 0.2) is 0 Å². The predicted molar refractivity (Wildman–Crippen MR) is 81.2 cm³/mol. The van der Waals surface area contributed by atoms with Crippen molar-refractivity contribution in [3.05, 3.63) is 35.9 Å². The van der Waals surface area contributed by atoms with Crippen LogP contribution in [0.3, 0.4) is 0 Å². The molecule has 0 aromatic heterocycles. The molecule has 1 aromatic carbocycles. The fraction of sp³-hybridized carbons (Fsp3) is 0.562. The van der Waals surface area contributed by atoms with Crippen molar-refractivity contribution in [3.63, 3.8) is 0 Å². The van der Waals surface area contributed by atoms with Gasteiger partial charge in [0.1, 0.15) is 0 Å². The molecule has 0 saturated carbocycles. The molecule has 0 aliphatic carbocycles. The summed E-state index contributed by atoms with van der Waals surface area (Å²) in [6.07, 6.45) is 2.47. The van der Waals surface area contributed by atoms with Crippen LogP contribution >= 0.6 is 0 Å². The zero-order valence-electron chi connectivity index (χ0n) is 12.2. The molecule has 1 aliphatic heterocycles. The van der Waals surface area contributed by atoms with Crippen molar-refractivity contribution in [2.75, 3.05) is 13.1 Å². The Morgan fingerprint density at radius 3 is 2.60 bits per heavy atom. The third kappa shape index (κ3) is 4.94. The molecule has 1 fully saturated rings. The zero-order chi connectivity index (χ0) is 14.4. The van der Waals surface area contributed by atoms with E-state index in [4.69, 9.17) is 5.73 Å². The van der Waals surface area contributed by atoms with E-state index in [-0.39, 0.29) is 11.9 Å². The van der Waals surface area contributed by atoms with Crippen LogP contribution in [0.2, 0.25) is 0 Å². The number of nitrogens with two attached hydrogens (primary N) is 1. The van der Waals surface area contributed by atoms with Crippen LogP contribution in [0, 0.1) is 0 Å². The summed E-state index contributed by atoms with van der Waals surface area (Å²) in [6.45, 7) is 4.94. The molecule has 0 bridgehead atoms. The molecule has 1 heterocycles. The molecule has 4 heteroatoms. The molecule has 1 aliphatic rings. The number of piperidine rings is 1. The van der Waals surface area contributed by atoms with Crippen molar-refractivity contribution in [1.29, 1.82) is 0 Å². The van der Waals surface area contributed by atoms with Crippen molar-refractivity contribution >= 4 is 5.91 Å². The van der Waals surface area contributed by atoms with Gasteiger partial charge in [0.05, 0.1) is 0 Å².